The number of hydrogen-bond donors (Lipinski definition) is 2. The minimum absolute atomic E-state index is 0.0431. The highest BCUT2D eigenvalue weighted by Crippen LogP contribution is 2.14. The first-order valence-electron chi connectivity index (χ1n) is 5.51. The van der Waals surface area contributed by atoms with Crippen LogP contribution in [0, 0.1) is 0 Å². The maximum atomic E-state index is 11.8. The molecule has 0 heterocycles. The highest BCUT2D eigenvalue weighted by atomic mass is 16.1. The highest BCUT2D eigenvalue weighted by molar-refractivity contribution is 5.99. The molecule has 0 saturated heterocycles. The van der Waals surface area contributed by atoms with Crippen LogP contribution in [-0.4, -0.2) is 19.0 Å². The van der Waals surface area contributed by atoms with E-state index in [1.807, 2.05) is 31.2 Å². The van der Waals surface area contributed by atoms with Gasteiger partial charge in [-0.3, -0.25) is 4.79 Å². The monoisotopic (exact) mass is 218 g/mol. The van der Waals surface area contributed by atoms with E-state index in [-0.39, 0.29) is 5.91 Å². The van der Waals surface area contributed by atoms with E-state index in [4.69, 9.17) is 0 Å². The van der Waals surface area contributed by atoms with Gasteiger partial charge in [0.15, 0.2) is 0 Å². The van der Waals surface area contributed by atoms with Crippen molar-refractivity contribution >= 4 is 11.6 Å². The summed E-state index contributed by atoms with van der Waals surface area (Å²) in [4.78, 5) is 11.8. The fourth-order valence-corrected chi connectivity index (χ4v) is 1.41. The van der Waals surface area contributed by atoms with Crippen LogP contribution in [0.5, 0.6) is 0 Å². The predicted octanol–water partition coefficient (Wildman–Crippen LogP) is 2.42. The van der Waals surface area contributed by atoms with Crippen LogP contribution < -0.4 is 10.6 Å². The molecule has 86 valence electrons. The Morgan fingerprint density at radius 2 is 2.19 bits per heavy atom. The van der Waals surface area contributed by atoms with Gasteiger partial charge in [-0.1, -0.05) is 18.2 Å². The molecular formula is C13H18N2O. The molecule has 0 spiro atoms. The molecule has 1 aromatic rings. The Bertz CT molecular complexity index is 361. The van der Waals surface area contributed by atoms with E-state index in [1.165, 1.54) is 0 Å². The van der Waals surface area contributed by atoms with E-state index in [9.17, 15) is 4.79 Å². The molecule has 0 radical (unpaired) electrons. The molecule has 0 fully saturated rings. The number of rotatable bonds is 6. The summed E-state index contributed by atoms with van der Waals surface area (Å²) >= 11 is 0. The average Bonchev–Trinajstić information content (AvgIpc) is 2.30. The lowest BCUT2D eigenvalue weighted by Gasteiger charge is -2.10. The van der Waals surface area contributed by atoms with Crippen molar-refractivity contribution in [1.29, 1.82) is 0 Å². The first-order chi connectivity index (χ1) is 7.79. The molecule has 0 aliphatic rings. The molecule has 3 heteroatoms. The Kier molecular flexibility index (Phi) is 5.12. The molecule has 3 nitrogen and oxygen atoms in total. The van der Waals surface area contributed by atoms with Crippen molar-refractivity contribution in [3.63, 3.8) is 0 Å². The lowest BCUT2D eigenvalue weighted by molar-refractivity contribution is 0.0955. The minimum atomic E-state index is -0.0431. The maximum absolute atomic E-state index is 11.8. The largest absolute Gasteiger partial charge is 0.385 e. The summed E-state index contributed by atoms with van der Waals surface area (Å²) in [5.74, 6) is -0.0431. The van der Waals surface area contributed by atoms with Gasteiger partial charge in [-0.15, -0.1) is 6.58 Å². The number of carbonyl (C=O) groups is 1. The van der Waals surface area contributed by atoms with Crippen LogP contribution in [0.2, 0.25) is 0 Å². The Morgan fingerprint density at radius 3 is 2.88 bits per heavy atom. The summed E-state index contributed by atoms with van der Waals surface area (Å²) in [6.45, 7) is 7.05. The van der Waals surface area contributed by atoms with E-state index in [0.29, 0.717) is 12.1 Å². The van der Waals surface area contributed by atoms with Gasteiger partial charge < -0.3 is 10.6 Å². The first kappa shape index (κ1) is 12.3. The van der Waals surface area contributed by atoms with Crippen molar-refractivity contribution in [2.24, 2.45) is 0 Å². The van der Waals surface area contributed by atoms with Crippen LogP contribution >= 0.6 is 0 Å². The van der Waals surface area contributed by atoms with Gasteiger partial charge >= 0.3 is 0 Å². The van der Waals surface area contributed by atoms with Crippen LogP contribution in [0.4, 0.5) is 5.69 Å². The zero-order valence-corrected chi connectivity index (χ0v) is 9.62. The van der Waals surface area contributed by atoms with Crippen LogP contribution in [0.25, 0.3) is 0 Å². The molecule has 1 rings (SSSR count). The number of anilines is 1. The number of benzene rings is 1. The molecule has 0 aromatic heterocycles. The summed E-state index contributed by atoms with van der Waals surface area (Å²) in [6, 6.07) is 7.51. The summed E-state index contributed by atoms with van der Waals surface area (Å²) in [5.41, 5.74) is 1.56. The molecule has 0 atom stereocenters. The Hall–Kier alpha value is -1.77. The first-order valence-corrected chi connectivity index (χ1v) is 5.51. The van der Waals surface area contributed by atoms with Gasteiger partial charge in [0.2, 0.25) is 0 Å². The molecule has 0 bridgehead atoms. The molecule has 2 N–H and O–H groups in total. The van der Waals surface area contributed by atoms with Gasteiger partial charge in [-0.2, -0.15) is 0 Å². The normalized spacial score (nSPS) is 9.56. The standard InChI is InChI=1S/C13H18N2O/c1-3-5-10-15-13(16)11-8-6-7-9-12(11)14-4-2/h3,6-9,14H,1,4-5,10H2,2H3,(H,15,16). The fraction of sp³-hybridized carbons (Fsp3) is 0.308. The van der Waals surface area contributed by atoms with Gasteiger partial charge in [0.05, 0.1) is 5.56 Å². The fourth-order valence-electron chi connectivity index (χ4n) is 1.41. The van der Waals surface area contributed by atoms with Gasteiger partial charge in [0, 0.05) is 18.8 Å². The quantitative estimate of drug-likeness (QED) is 0.568. The van der Waals surface area contributed by atoms with Crippen molar-refractivity contribution in [2.75, 3.05) is 18.4 Å². The summed E-state index contributed by atoms with van der Waals surface area (Å²) in [5, 5.41) is 6.01. The molecular weight excluding hydrogens is 200 g/mol. The van der Waals surface area contributed by atoms with E-state index in [0.717, 1.165) is 18.7 Å². The number of nitrogens with one attached hydrogen (secondary N) is 2. The SMILES string of the molecule is C=CCCNC(=O)c1ccccc1NCC. The van der Waals surface area contributed by atoms with E-state index in [2.05, 4.69) is 17.2 Å². The van der Waals surface area contributed by atoms with Gasteiger partial charge in [-0.25, -0.2) is 0 Å². The van der Waals surface area contributed by atoms with Gasteiger partial charge in [0.25, 0.3) is 5.91 Å². The van der Waals surface area contributed by atoms with Crippen molar-refractivity contribution < 1.29 is 4.79 Å². The molecule has 1 amide bonds. The summed E-state index contributed by atoms with van der Waals surface area (Å²) in [7, 11) is 0. The van der Waals surface area contributed by atoms with E-state index < -0.39 is 0 Å². The Morgan fingerprint density at radius 1 is 1.44 bits per heavy atom. The minimum Gasteiger partial charge on any atom is -0.385 e. The second-order valence-electron chi connectivity index (χ2n) is 3.41. The number of carbonyl (C=O) groups excluding carboxylic acids is 1. The Labute approximate surface area is 96.6 Å². The second kappa shape index (κ2) is 6.67. The summed E-state index contributed by atoms with van der Waals surface area (Å²) < 4.78 is 0. The molecule has 1 aromatic carbocycles. The van der Waals surface area contributed by atoms with E-state index in [1.54, 1.807) is 6.08 Å². The van der Waals surface area contributed by atoms with Crippen LogP contribution in [0.15, 0.2) is 36.9 Å². The third-order valence-corrected chi connectivity index (χ3v) is 2.17. The highest BCUT2D eigenvalue weighted by Gasteiger charge is 2.08. The van der Waals surface area contributed by atoms with Crippen molar-refractivity contribution in [3.05, 3.63) is 42.5 Å². The maximum Gasteiger partial charge on any atom is 0.253 e. The third-order valence-electron chi connectivity index (χ3n) is 2.17. The topological polar surface area (TPSA) is 41.1 Å². The summed E-state index contributed by atoms with van der Waals surface area (Å²) in [6.07, 6.45) is 2.57. The van der Waals surface area contributed by atoms with Crippen LogP contribution in [0.1, 0.15) is 23.7 Å². The lowest BCUT2D eigenvalue weighted by Crippen LogP contribution is -2.25. The van der Waals surface area contributed by atoms with E-state index >= 15 is 0 Å². The molecule has 0 saturated carbocycles. The van der Waals surface area contributed by atoms with Crippen molar-refractivity contribution in [2.45, 2.75) is 13.3 Å². The van der Waals surface area contributed by atoms with Crippen LogP contribution in [-0.2, 0) is 0 Å². The second-order valence-corrected chi connectivity index (χ2v) is 3.41. The Balaban J connectivity index is 2.69. The lowest BCUT2D eigenvalue weighted by atomic mass is 10.1. The third kappa shape index (κ3) is 3.42. The number of hydrogen-bond acceptors (Lipinski definition) is 2. The molecule has 16 heavy (non-hydrogen) atoms. The van der Waals surface area contributed by atoms with Crippen LogP contribution in [0.3, 0.4) is 0 Å². The zero-order valence-electron chi connectivity index (χ0n) is 9.62. The zero-order chi connectivity index (χ0) is 11.8. The number of para-hydroxylation sites is 1. The van der Waals surface area contributed by atoms with Crippen molar-refractivity contribution in [1.82, 2.24) is 5.32 Å². The molecule has 0 unspecified atom stereocenters. The van der Waals surface area contributed by atoms with Gasteiger partial charge in [0.1, 0.15) is 0 Å². The molecule has 0 aliphatic carbocycles. The average molecular weight is 218 g/mol. The molecule has 0 aliphatic heterocycles. The van der Waals surface area contributed by atoms with Gasteiger partial charge in [-0.05, 0) is 25.5 Å². The smallest absolute Gasteiger partial charge is 0.253 e. The number of amides is 1. The predicted molar refractivity (Wildman–Crippen MR) is 67.8 cm³/mol. The van der Waals surface area contributed by atoms with Crippen molar-refractivity contribution in [3.8, 4) is 0 Å².